The van der Waals surface area contributed by atoms with Crippen LogP contribution in [0.5, 0.6) is 0 Å². The van der Waals surface area contributed by atoms with E-state index in [0.29, 0.717) is 5.92 Å². The molecule has 1 aromatic rings. The smallest absolute Gasteiger partial charge is 0.0471 e. The van der Waals surface area contributed by atoms with Gasteiger partial charge < -0.3 is 10.0 Å². The van der Waals surface area contributed by atoms with Crippen molar-refractivity contribution < 1.29 is 5.11 Å². The van der Waals surface area contributed by atoms with Crippen molar-refractivity contribution in [3.63, 3.8) is 0 Å². The SMILES string of the molecule is CC1CN(C)c2cc(CCO)ccc21. The summed E-state index contributed by atoms with van der Waals surface area (Å²) < 4.78 is 0. The number of benzene rings is 1. The number of aliphatic hydroxyl groups is 1. The second-order valence-corrected chi connectivity index (χ2v) is 4.15. The lowest BCUT2D eigenvalue weighted by Gasteiger charge is -2.12. The molecule has 1 heterocycles. The number of likely N-dealkylation sites (N-methyl/N-ethyl adjacent to an activating group) is 1. The van der Waals surface area contributed by atoms with Crippen molar-refractivity contribution in [2.45, 2.75) is 19.3 Å². The van der Waals surface area contributed by atoms with Crippen LogP contribution in [-0.2, 0) is 6.42 Å². The van der Waals surface area contributed by atoms with Crippen molar-refractivity contribution in [1.29, 1.82) is 0 Å². The average Bonchev–Trinajstić information content (AvgIpc) is 2.43. The largest absolute Gasteiger partial charge is 0.396 e. The number of nitrogens with zero attached hydrogens (tertiary/aromatic N) is 1. The minimum Gasteiger partial charge on any atom is -0.396 e. The molecule has 2 heteroatoms. The monoisotopic (exact) mass is 191 g/mol. The van der Waals surface area contributed by atoms with E-state index < -0.39 is 0 Å². The maximum atomic E-state index is 8.87. The summed E-state index contributed by atoms with van der Waals surface area (Å²) in [4.78, 5) is 2.29. The number of fused-ring (bicyclic) bond motifs is 1. The highest BCUT2D eigenvalue weighted by molar-refractivity contribution is 5.60. The summed E-state index contributed by atoms with van der Waals surface area (Å²) in [6, 6.07) is 6.54. The summed E-state index contributed by atoms with van der Waals surface area (Å²) in [6.07, 6.45) is 0.759. The van der Waals surface area contributed by atoms with Crippen LogP contribution in [0.25, 0.3) is 0 Å². The van der Waals surface area contributed by atoms with Crippen LogP contribution in [-0.4, -0.2) is 25.3 Å². The third-order valence-corrected chi connectivity index (χ3v) is 2.99. The van der Waals surface area contributed by atoms with E-state index in [2.05, 4.69) is 37.1 Å². The van der Waals surface area contributed by atoms with Gasteiger partial charge in [0.25, 0.3) is 0 Å². The Kier molecular flexibility index (Phi) is 2.46. The van der Waals surface area contributed by atoms with Gasteiger partial charge in [-0.3, -0.25) is 0 Å². The van der Waals surface area contributed by atoms with E-state index in [1.54, 1.807) is 0 Å². The summed E-state index contributed by atoms with van der Waals surface area (Å²) in [5.41, 5.74) is 4.00. The van der Waals surface area contributed by atoms with E-state index in [0.717, 1.165) is 13.0 Å². The quantitative estimate of drug-likeness (QED) is 0.770. The summed E-state index contributed by atoms with van der Waals surface area (Å²) >= 11 is 0. The standard InChI is InChI=1S/C12H17NO/c1-9-8-13(2)12-7-10(5-6-14)3-4-11(9)12/h3-4,7,9,14H,5-6,8H2,1-2H3. The van der Waals surface area contributed by atoms with Crippen LogP contribution >= 0.6 is 0 Å². The Labute approximate surface area is 85.2 Å². The molecule has 2 rings (SSSR count). The molecule has 0 saturated heterocycles. The van der Waals surface area contributed by atoms with Gasteiger partial charge >= 0.3 is 0 Å². The second-order valence-electron chi connectivity index (χ2n) is 4.15. The molecule has 1 unspecified atom stereocenters. The molecule has 1 aliphatic rings. The van der Waals surface area contributed by atoms with Crippen LogP contribution in [0.4, 0.5) is 5.69 Å². The number of hydrogen-bond acceptors (Lipinski definition) is 2. The van der Waals surface area contributed by atoms with Crippen LogP contribution in [0, 0.1) is 0 Å². The molecule has 1 atom stereocenters. The first-order valence-corrected chi connectivity index (χ1v) is 5.17. The number of rotatable bonds is 2. The van der Waals surface area contributed by atoms with Crippen LogP contribution < -0.4 is 4.90 Å². The maximum Gasteiger partial charge on any atom is 0.0471 e. The third kappa shape index (κ3) is 1.50. The Morgan fingerprint density at radius 1 is 1.50 bits per heavy atom. The molecule has 2 nitrogen and oxygen atoms in total. The predicted octanol–water partition coefficient (Wildman–Crippen LogP) is 1.77. The minimum absolute atomic E-state index is 0.234. The van der Waals surface area contributed by atoms with E-state index in [9.17, 15) is 0 Å². The summed E-state index contributed by atoms with van der Waals surface area (Å²) in [5, 5.41) is 8.87. The van der Waals surface area contributed by atoms with Gasteiger partial charge in [0, 0.05) is 31.8 Å². The first-order valence-electron chi connectivity index (χ1n) is 5.17. The summed E-state index contributed by atoms with van der Waals surface area (Å²) in [6.45, 7) is 3.60. The molecule has 1 N–H and O–H groups in total. The highest BCUT2D eigenvalue weighted by Gasteiger charge is 2.22. The Morgan fingerprint density at radius 2 is 2.29 bits per heavy atom. The van der Waals surface area contributed by atoms with Gasteiger partial charge in [0.15, 0.2) is 0 Å². The molecule has 0 radical (unpaired) electrons. The lowest BCUT2D eigenvalue weighted by Crippen LogP contribution is -2.14. The van der Waals surface area contributed by atoms with Gasteiger partial charge in [-0.1, -0.05) is 19.1 Å². The molecule has 0 bridgehead atoms. The van der Waals surface area contributed by atoms with Crippen LogP contribution in [0.3, 0.4) is 0 Å². The zero-order chi connectivity index (χ0) is 10.1. The van der Waals surface area contributed by atoms with Gasteiger partial charge in [0.1, 0.15) is 0 Å². The zero-order valence-electron chi connectivity index (χ0n) is 8.83. The van der Waals surface area contributed by atoms with Gasteiger partial charge in [-0.15, -0.1) is 0 Å². The van der Waals surface area contributed by atoms with Crippen molar-refractivity contribution >= 4 is 5.69 Å². The van der Waals surface area contributed by atoms with Crippen LogP contribution in [0.1, 0.15) is 24.0 Å². The molecule has 0 amide bonds. The zero-order valence-corrected chi connectivity index (χ0v) is 8.83. The van der Waals surface area contributed by atoms with E-state index in [-0.39, 0.29) is 6.61 Å². The molecule has 1 aromatic carbocycles. The molecular formula is C12H17NO. The number of anilines is 1. The first-order chi connectivity index (χ1) is 6.72. The molecule has 0 spiro atoms. The van der Waals surface area contributed by atoms with Crippen LogP contribution in [0.2, 0.25) is 0 Å². The fraction of sp³-hybridized carbons (Fsp3) is 0.500. The Morgan fingerprint density at radius 3 is 3.00 bits per heavy atom. The molecule has 0 fully saturated rings. The van der Waals surface area contributed by atoms with Crippen molar-refractivity contribution in [1.82, 2.24) is 0 Å². The Balaban J connectivity index is 2.35. The first kappa shape index (κ1) is 9.53. The van der Waals surface area contributed by atoms with Gasteiger partial charge in [-0.05, 0) is 23.6 Å². The normalized spacial score (nSPS) is 19.9. The topological polar surface area (TPSA) is 23.5 Å². The highest BCUT2D eigenvalue weighted by atomic mass is 16.2. The molecule has 0 aliphatic carbocycles. The van der Waals surface area contributed by atoms with E-state index in [4.69, 9.17) is 5.11 Å². The van der Waals surface area contributed by atoms with Crippen molar-refractivity contribution in [3.05, 3.63) is 29.3 Å². The summed E-state index contributed by atoms with van der Waals surface area (Å²) in [7, 11) is 2.13. The number of hydrogen-bond donors (Lipinski definition) is 1. The molecule has 0 aromatic heterocycles. The van der Waals surface area contributed by atoms with E-state index >= 15 is 0 Å². The molecule has 0 saturated carbocycles. The minimum atomic E-state index is 0.234. The van der Waals surface area contributed by atoms with Crippen LogP contribution in [0.15, 0.2) is 18.2 Å². The van der Waals surface area contributed by atoms with Crippen molar-refractivity contribution in [2.75, 3.05) is 25.1 Å². The van der Waals surface area contributed by atoms with Gasteiger partial charge in [-0.25, -0.2) is 0 Å². The van der Waals surface area contributed by atoms with Gasteiger partial charge in [0.2, 0.25) is 0 Å². The predicted molar refractivity (Wildman–Crippen MR) is 58.9 cm³/mol. The highest BCUT2D eigenvalue weighted by Crippen LogP contribution is 2.35. The van der Waals surface area contributed by atoms with E-state index in [1.165, 1.54) is 16.8 Å². The van der Waals surface area contributed by atoms with Gasteiger partial charge in [-0.2, -0.15) is 0 Å². The molecule has 14 heavy (non-hydrogen) atoms. The van der Waals surface area contributed by atoms with E-state index in [1.807, 2.05) is 0 Å². The second kappa shape index (κ2) is 3.62. The fourth-order valence-corrected chi connectivity index (χ4v) is 2.23. The molecule has 76 valence electrons. The Hall–Kier alpha value is -1.02. The summed E-state index contributed by atoms with van der Waals surface area (Å²) in [5.74, 6) is 0.637. The molecular weight excluding hydrogens is 174 g/mol. The van der Waals surface area contributed by atoms with Gasteiger partial charge in [0.05, 0.1) is 0 Å². The Bertz CT molecular complexity index is 335. The van der Waals surface area contributed by atoms with Crippen molar-refractivity contribution in [2.24, 2.45) is 0 Å². The number of aliphatic hydroxyl groups excluding tert-OH is 1. The maximum absolute atomic E-state index is 8.87. The fourth-order valence-electron chi connectivity index (χ4n) is 2.23. The van der Waals surface area contributed by atoms with Crippen molar-refractivity contribution in [3.8, 4) is 0 Å². The average molecular weight is 191 g/mol. The molecule has 1 aliphatic heterocycles. The third-order valence-electron chi connectivity index (χ3n) is 2.99. The lowest BCUT2D eigenvalue weighted by atomic mass is 10.0. The lowest BCUT2D eigenvalue weighted by molar-refractivity contribution is 0.299.